The number of carbonyl (C=O) groups excluding carboxylic acids is 5. The van der Waals surface area contributed by atoms with Crippen molar-refractivity contribution in [1.82, 2.24) is 26.6 Å². The maximum Gasteiger partial charge on any atom is 0.251 e. The van der Waals surface area contributed by atoms with Crippen LogP contribution in [0, 0.1) is 5.41 Å². The van der Waals surface area contributed by atoms with E-state index < -0.39 is 53.7 Å². The minimum absolute atomic E-state index is 0.0783. The Labute approximate surface area is 313 Å². The van der Waals surface area contributed by atoms with Crippen LogP contribution in [0.1, 0.15) is 41.6 Å². The van der Waals surface area contributed by atoms with Gasteiger partial charge in [0.05, 0.1) is 6.61 Å². The summed E-state index contributed by atoms with van der Waals surface area (Å²) < 4.78 is 5.89. The second-order valence-electron chi connectivity index (χ2n) is 13.0. The second-order valence-corrected chi connectivity index (χ2v) is 13.0. The number of nitrogens with one attached hydrogen (secondary N) is 7. The third kappa shape index (κ3) is 11.4. The Morgan fingerprint density at radius 1 is 0.796 bits per heavy atom. The predicted octanol–water partition coefficient (Wildman–Crippen LogP) is 2.35. The van der Waals surface area contributed by atoms with Gasteiger partial charge in [-0.25, -0.2) is 0 Å². The highest BCUT2D eigenvalue weighted by Gasteiger charge is 2.32. The monoisotopic (exact) mass is 734 g/mol. The highest BCUT2D eigenvalue weighted by atomic mass is 16.5. The van der Waals surface area contributed by atoms with Crippen LogP contribution < -0.4 is 37.6 Å². The molecule has 54 heavy (non-hydrogen) atoms. The second kappa shape index (κ2) is 19.5. The molecule has 1 fully saturated rings. The lowest BCUT2D eigenvalue weighted by molar-refractivity contribution is -0.133. The highest BCUT2D eigenvalue weighted by molar-refractivity contribution is 6.05. The topological polar surface area (TPSA) is 217 Å². The first-order valence-corrected chi connectivity index (χ1v) is 17.9. The Morgan fingerprint density at radius 3 is 2.22 bits per heavy atom. The fourth-order valence-corrected chi connectivity index (χ4v) is 6.10. The lowest BCUT2D eigenvalue weighted by Gasteiger charge is -2.26. The molecule has 1 aliphatic heterocycles. The molecule has 14 heteroatoms. The quantitative estimate of drug-likeness (QED) is 0.0686. The van der Waals surface area contributed by atoms with Gasteiger partial charge in [-0.3, -0.25) is 29.4 Å². The van der Waals surface area contributed by atoms with Crippen molar-refractivity contribution in [2.45, 2.75) is 56.3 Å². The molecular formula is C40H46N8O6. The Morgan fingerprint density at radius 2 is 1.46 bits per heavy atom. The summed E-state index contributed by atoms with van der Waals surface area (Å²) in [6.45, 7) is 0.142. The van der Waals surface area contributed by atoms with Crippen LogP contribution in [-0.2, 0) is 30.3 Å². The van der Waals surface area contributed by atoms with Crippen molar-refractivity contribution < 1.29 is 28.7 Å². The molecule has 1 saturated heterocycles. The summed E-state index contributed by atoms with van der Waals surface area (Å²) in [5.74, 6) is -3.09. The minimum Gasteiger partial charge on any atom is -0.379 e. The molecule has 4 aromatic carbocycles. The number of hydrogen-bond donors (Lipinski definition) is 8. The number of nitrogens with two attached hydrogens (primary N) is 1. The van der Waals surface area contributed by atoms with Crippen molar-refractivity contribution in [3.05, 3.63) is 114 Å². The van der Waals surface area contributed by atoms with Gasteiger partial charge in [-0.05, 0) is 54.8 Å². The summed E-state index contributed by atoms with van der Waals surface area (Å²) in [6, 6.07) is 26.1. The molecule has 4 aromatic rings. The lowest BCUT2D eigenvalue weighted by Crippen LogP contribution is -2.59. The van der Waals surface area contributed by atoms with E-state index in [4.69, 9.17) is 15.9 Å². The maximum absolute atomic E-state index is 14.1. The molecule has 0 aromatic heterocycles. The van der Waals surface area contributed by atoms with Crippen LogP contribution >= 0.6 is 0 Å². The van der Waals surface area contributed by atoms with E-state index in [0.717, 1.165) is 16.3 Å². The van der Waals surface area contributed by atoms with Gasteiger partial charge in [0.25, 0.3) is 5.91 Å². The molecule has 0 bridgehead atoms. The number of hydrogen-bond acceptors (Lipinski definition) is 7. The average Bonchev–Trinajstić information content (AvgIpc) is 3.18. The summed E-state index contributed by atoms with van der Waals surface area (Å²) in [5.41, 5.74) is 7.11. The number of benzene rings is 4. The van der Waals surface area contributed by atoms with Crippen molar-refractivity contribution in [2.75, 3.05) is 25.1 Å². The number of amides is 5. The third-order valence-electron chi connectivity index (χ3n) is 8.94. The van der Waals surface area contributed by atoms with Crippen molar-refractivity contribution >= 4 is 52.0 Å². The summed E-state index contributed by atoms with van der Waals surface area (Å²) in [6.07, 6.45) is 1.01. The molecule has 5 rings (SSSR count). The highest BCUT2D eigenvalue weighted by Crippen LogP contribution is 2.23. The lowest BCUT2D eigenvalue weighted by atomic mass is 10.0. The first-order chi connectivity index (χ1) is 26.2. The molecule has 282 valence electrons. The number of carbonyl (C=O) groups is 5. The predicted molar refractivity (Wildman–Crippen MR) is 205 cm³/mol. The molecule has 9 N–H and O–H groups in total. The molecule has 4 unspecified atom stereocenters. The van der Waals surface area contributed by atoms with Gasteiger partial charge in [0.15, 0.2) is 5.96 Å². The number of guanidine groups is 1. The first-order valence-electron chi connectivity index (χ1n) is 17.9. The summed E-state index contributed by atoms with van der Waals surface area (Å²) in [5, 5.41) is 26.1. The Balaban J connectivity index is 1.43. The summed E-state index contributed by atoms with van der Waals surface area (Å²) in [7, 11) is 0. The molecule has 0 radical (unpaired) electrons. The van der Waals surface area contributed by atoms with Gasteiger partial charge in [-0.15, -0.1) is 0 Å². The van der Waals surface area contributed by atoms with Crippen LogP contribution in [0.3, 0.4) is 0 Å². The molecule has 14 nitrogen and oxygen atoms in total. The zero-order valence-corrected chi connectivity index (χ0v) is 29.8. The van der Waals surface area contributed by atoms with Gasteiger partial charge in [-0.2, -0.15) is 0 Å². The van der Waals surface area contributed by atoms with Gasteiger partial charge in [0.2, 0.25) is 23.6 Å². The van der Waals surface area contributed by atoms with Gasteiger partial charge in [0, 0.05) is 36.2 Å². The molecule has 5 amide bonds. The van der Waals surface area contributed by atoms with Crippen LogP contribution in [0.5, 0.6) is 0 Å². The zero-order chi connectivity index (χ0) is 38.3. The largest absolute Gasteiger partial charge is 0.379 e. The minimum atomic E-state index is -1.17. The molecule has 1 aliphatic rings. The van der Waals surface area contributed by atoms with E-state index in [1.807, 2.05) is 54.6 Å². The van der Waals surface area contributed by atoms with Gasteiger partial charge in [0.1, 0.15) is 24.2 Å². The zero-order valence-electron chi connectivity index (χ0n) is 29.8. The molecule has 0 saturated carbocycles. The van der Waals surface area contributed by atoms with Crippen LogP contribution in [0.15, 0.2) is 103 Å². The number of rotatable bonds is 10. The Kier molecular flexibility index (Phi) is 14.1. The van der Waals surface area contributed by atoms with E-state index in [0.29, 0.717) is 24.1 Å². The maximum atomic E-state index is 14.1. The van der Waals surface area contributed by atoms with Crippen molar-refractivity contribution in [3.8, 4) is 0 Å². The van der Waals surface area contributed by atoms with Crippen LogP contribution in [-0.4, -0.2) is 79.4 Å². The van der Waals surface area contributed by atoms with Crippen molar-refractivity contribution in [2.24, 2.45) is 5.73 Å². The normalized spacial score (nSPS) is 19.9. The Bertz CT molecular complexity index is 1920. The number of anilines is 1. The van der Waals surface area contributed by atoms with Crippen molar-refractivity contribution in [1.29, 1.82) is 5.41 Å². The third-order valence-corrected chi connectivity index (χ3v) is 8.94. The van der Waals surface area contributed by atoms with E-state index in [-0.39, 0.29) is 45.0 Å². The molecular weight excluding hydrogens is 688 g/mol. The van der Waals surface area contributed by atoms with E-state index in [2.05, 4.69) is 31.9 Å². The molecule has 1 heterocycles. The fraction of sp³-hybridized carbons (Fsp3) is 0.300. The standard InChI is InChI=1S/C40H46N8O6/c41-40(42)43-22-10-20-31-37(51)45-32(36(50)44-30-19-9-17-27-14-7-8-18-29(27)30)21-11-23-54-25-34(48-35(49)28-15-5-2-6-16-28)39(53)47-33(38(52)46-31)24-26-12-3-1-4-13-26/h1-9,12-19,31-34H,10-11,20-25H2,(H,44,50)(H,45,51)(H,46,52)(H,47,53)(H,48,49)(H4,41,42,43). The SMILES string of the molecule is N=C(N)NCCCC1NC(=O)C(Cc2ccccc2)NC(=O)C(NC(=O)c2ccccc2)COCCCC(C(=O)Nc2cccc3ccccc23)NC1=O. The van der Waals surface area contributed by atoms with Crippen molar-refractivity contribution in [3.63, 3.8) is 0 Å². The van der Waals surface area contributed by atoms with Gasteiger partial charge in [-0.1, -0.05) is 84.9 Å². The van der Waals surface area contributed by atoms with E-state index in [1.165, 1.54) is 0 Å². The van der Waals surface area contributed by atoms with E-state index in [9.17, 15) is 24.0 Å². The van der Waals surface area contributed by atoms with E-state index in [1.54, 1.807) is 48.5 Å². The fourth-order valence-electron chi connectivity index (χ4n) is 6.10. The molecule has 4 atom stereocenters. The number of ether oxygens (including phenoxy) is 1. The van der Waals surface area contributed by atoms with Crippen LogP contribution in [0.2, 0.25) is 0 Å². The molecule has 0 spiro atoms. The smallest absolute Gasteiger partial charge is 0.251 e. The van der Waals surface area contributed by atoms with Gasteiger partial charge < -0.3 is 42.4 Å². The number of fused-ring (bicyclic) bond motifs is 1. The summed E-state index contributed by atoms with van der Waals surface area (Å²) >= 11 is 0. The van der Waals surface area contributed by atoms with E-state index >= 15 is 0 Å². The molecule has 0 aliphatic carbocycles. The van der Waals surface area contributed by atoms with Gasteiger partial charge >= 0.3 is 0 Å². The van der Waals surface area contributed by atoms with Crippen LogP contribution in [0.4, 0.5) is 5.69 Å². The first kappa shape index (κ1) is 38.9. The Hall–Kier alpha value is -6.28. The van der Waals surface area contributed by atoms with Crippen LogP contribution in [0.25, 0.3) is 10.8 Å². The summed E-state index contributed by atoms with van der Waals surface area (Å²) in [4.78, 5) is 68.9. The average molecular weight is 735 g/mol.